The number of rotatable bonds is 15. The molecule has 278 valence electrons. The molecule has 2 heterocycles. The lowest BCUT2D eigenvalue weighted by Crippen LogP contribution is -2.61. The van der Waals surface area contributed by atoms with Crippen molar-refractivity contribution in [2.45, 2.75) is 155 Å². The third kappa shape index (κ3) is 11.1. The first kappa shape index (κ1) is 40.2. The Morgan fingerprint density at radius 3 is 1.88 bits per heavy atom. The van der Waals surface area contributed by atoms with Crippen molar-refractivity contribution in [1.82, 2.24) is 31.1 Å². The van der Waals surface area contributed by atoms with Crippen molar-refractivity contribution in [3.63, 3.8) is 0 Å². The number of nitrogens with zero attached hydrogens (tertiary/aromatic N) is 2. The summed E-state index contributed by atoms with van der Waals surface area (Å²) in [6.07, 6.45) is 8.71. The summed E-state index contributed by atoms with van der Waals surface area (Å²) in [6, 6.07) is -4.54. The molecular weight excluding hydrogens is 628 g/mol. The Hall–Kier alpha value is -3.22. The molecule has 0 radical (unpaired) electrons. The minimum Gasteiger partial charge on any atom is -0.391 e. The van der Waals surface area contributed by atoms with Gasteiger partial charge in [-0.2, -0.15) is 0 Å². The molecule has 0 aromatic carbocycles. The van der Waals surface area contributed by atoms with Crippen LogP contribution in [0.15, 0.2) is 0 Å². The first-order chi connectivity index (χ1) is 23.3. The fourth-order valence-electron chi connectivity index (χ4n) is 7.49. The van der Waals surface area contributed by atoms with Crippen LogP contribution in [0.4, 0.5) is 0 Å². The molecule has 1 saturated carbocycles. The predicted octanol–water partition coefficient (Wildman–Crippen LogP) is 2.00. The van der Waals surface area contributed by atoms with E-state index in [0.29, 0.717) is 57.7 Å². The number of hydrogen-bond donors (Lipinski definition) is 5. The van der Waals surface area contributed by atoms with Crippen molar-refractivity contribution in [2.24, 2.45) is 17.8 Å². The zero-order valence-electron chi connectivity index (χ0n) is 30.6. The summed E-state index contributed by atoms with van der Waals surface area (Å²) in [4.78, 5) is 83.1. The second-order valence-electron chi connectivity index (χ2n) is 14.8. The van der Waals surface area contributed by atoms with Crippen molar-refractivity contribution in [2.75, 3.05) is 19.6 Å². The Labute approximate surface area is 292 Å². The minimum absolute atomic E-state index is 0.145. The van der Waals surface area contributed by atoms with Crippen molar-refractivity contribution in [3.8, 4) is 0 Å². The van der Waals surface area contributed by atoms with Gasteiger partial charge in [0.25, 0.3) is 0 Å². The van der Waals surface area contributed by atoms with E-state index >= 15 is 0 Å². The number of aliphatic hydroxyl groups excluding tert-OH is 1. The van der Waals surface area contributed by atoms with Gasteiger partial charge in [0.15, 0.2) is 0 Å². The van der Waals surface area contributed by atoms with E-state index in [9.17, 15) is 33.9 Å². The maximum atomic E-state index is 13.9. The molecular formula is C36H62N6O7. The Balaban J connectivity index is 1.62. The van der Waals surface area contributed by atoms with Crippen LogP contribution in [0.1, 0.15) is 119 Å². The second-order valence-corrected chi connectivity index (χ2v) is 14.8. The number of aliphatic hydroxyl groups is 1. The van der Waals surface area contributed by atoms with Gasteiger partial charge < -0.3 is 36.2 Å². The van der Waals surface area contributed by atoms with Crippen LogP contribution in [0.3, 0.4) is 0 Å². The van der Waals surface area contributed by atoms with Gasteiger partial charge in [-0.05, 0) is 70.1 Å². The van der Waals surface area contributed by atoms with Gasteiger partial charge in [-0.15, -0.1) is 0 Å². The van der Waals surface area contributed by atoms with Crippen LogP contribution in [0, 0.1) is 17.8 Å². The average Bonchev–Trinajstić information content (AvgIpc) is 3.58. The fraction of sp³-hybridized carbons (Fsp3) is 0.833. The summed E-state index contributed by atoms with van der Waals surface area (Å²) in [5, 5.41) is 21.2. The molecule has 3 rings (SSSR count). The monoisotopic (exact) mass is 690 g/mol. The van der Waals surface area contributed by atoms with Crippen LogP contribution in [-0.4, -0.2) is 106 Å². The third-order valence-electron chi connectivity index (χ3n) is 10.5. The summed E-state index contributed by atoms with van der Waals surface area (Å²) in [5.41, 5.74) is 0. The van der Waals surface area contributed by atoms with E-state index in [1.807, 2.05) is 20.8 Å². The molecule has 0 unspecified atom stereocenters. The first-order valence-electron chi connectivity index (χ1n) is 18.7. The van der Waals surface area contributed by atoms with E-state index in [-0.39, 0.29) is 23.7 Å². The summed E-state index contributed by atoms with van der Waals surface area (Å²) >= 11 is 0. The Bertz CT molecular complexity index is 1160. The zero-order valence-corrected chi connectivity index (χ0v) is 30.6. The highest BCUT2D eigenvalue weighted by Crippen LogP contribution is 2.31. The van der Waals surface area contributed by atoms with Gasteiger partial charge >= 0.3 is 0 Å². The molecule has 0 aromatic rings. The lowest BCUT2D eigenvalue weighted by atomic mass is 9.79. The number of nitrogens with one attached hydrogen (secondary N) is 4. The fourth-order valence-corrected chi connectivity index (χ4v) is 7.49. The lowest BCUT2D eigenvalue weighted by Gasteiger charge is -2.38. The molecule has 2 aliphatic heterocycles. The third-order valence-corrected chi connectivity index (χ3v) is 10.5. The summed E-state index contributed by atoms with van der Waals surface area (Å²) < 4.78 is 0. The second kappa shape index (κ2) is 19.2. The highest BCUT2D eigenvalue weighted by Gasteiger charge is 2.41. The predicted molar refractivity (Wildman–Crippen MR) is 186 cm³/mol. The number of hydrogen-bond acceptors (Lipinski definition) is 7. The molecule has 0 aromatic heterocycles. The van der Waals surface area contributed by atoms with E-state index < -0.39 is 59.9 Å². The van der Waals surface area contributed by atoms with Gasteiger partial charge in [-0.25, -0.2) is 0 Å². The van der Waals surface area contributed by atoms with E-state index in [0.717, 1.165) is 25.7 Å². The van der Waals surface area contributed by atoms with Crippen molar-refractivity contribution < 1.29 is 33.9 Å². The van der Waals surface area contributed by atoms with E-state index in [1.165, 1.54) is 31.1 Å². The smallest absolute Gasteiger partial charge is 0.246 e. The van der Waals surface area contributed by atoms with Gasteiger partial charge in [-0.3, -0.25) is 28.8 Å². The van der Waals surface area contributed by atoms with Crippen LogP contribution in [0.2, 0.25) is 0 Å². The molecule has 3 aliphatic rings. The summed E-state index contributed by atoms with van der Waals surface area (Å²) in [6.45, 7) is 11.8. The van der Waals surface area contributed by atoms with Crippen molar-refractivity contribution in [1.29, 1.82) is 0 Å². The number of carbonyl (C=O) groups is 6. The maximum absolute atomic E-state index is 13.9. The largest absolute Gasteiger partial charge is 0.391 e. The molecule has 0 spiro atoms. The molecule has 2 saturated heterocycles. The van der Waals surface area contributed by atoms with Crippen LogP contribution < -0.4 is 21.3 Å². The molecule has 1 aliphatic carbocycles. The minimum atomic E-state index is -1.16. The lowest BCUT2D eigenvalue weighted by molar-refractivity contribution is -0.147. The van der Waals surface area contributed by atoms with Gasteiger partial charge in [0.2, 0.25) is 35.4 Å². The number of likely N-dealkylation sites (tertiary alicyclic amines) is 2. The summed E-state index contributed by atoms with van der Waals surface area (Å²) in [7, 11) is 0. The van der Waals surface area contributed by atoms with Crippen LogP contribution in [-0.2, 0) is 28.8 Å². The van der Waals surface area contributed by atoms with Gasteiger partial charge in [0.05, 0.1) is 6.10 Å². The molecule has 49 heavy (non-hydrogen) atoms. The average molecular weight is 691 g/mol. The highest BCUT2D eigenvalue weighted by molar-refractivity contribution is 5.96. The van der Waals surface area contributed by atoms with Gasteiger partial charge in [-0.1, -0.05) is 59.8 Å². The zero-order chi connectivity index (χ0) is 36.2. The molecule has 6 amide bonds. The van der Waals surface area contributed by atoms with Crippen LogP contribution in [0.25, 0.3) is 0 Å². The van der Waals surface area contributed by atoms with E-state index in [2.05, 4.69) is 28.2 Å². The highest BCUT2D eigenvalue weighted by atomic mass is 16.3. The molecule has 13 heteroatoms. The molecule has 5 N–H and O–H groups in total. The molecule has 3 fully saturated rings. The van der Waals surface area contributed by atoms with Crippen LogP contribution in [0.5, 0.6) is 0 Å². The topological polar surface area (TPSA) is 177 Å². The molecule has 0 bridgehead atoms. The molecule has 7 atom stereocenters. The Morgan fingerprint density at radius 1 is 0.694 bits per heavy atom. The summed E-state index contributed by atoms with van der Waals surface area (Å²) in [5.74, 6) is -1.79. The van der Waals surface area contributed by atoms with Crippen molar-refractivity contribution in [3.05, 3.63) is 0 Å². The van der Waals surface area contributed by atoms with E-state index in [4.69, 9.17) is 0 Å². The van der Waals surface area contributed by atoms with Crippen LogP contribution >= 0.6 is 0 Å². The Kier molecular flexibility index (Phi) is 15.8. The Morgan fingerprint density at radius 2 is 1.27 bits per heavy atom. The number of amides is 6. The number of carbonyl (C=O) groups excluding carboxylic acids is 6. The normalized spacial score (nSPS) is 23.2. The quantitative estimate of drug-likeness (QED) is 0.175. The van der Waals surface area contributed by atoms with E-state index in [1.54, 1.807) is 11.8 Å². The standard InChI is InChI=1S/C36H62N6O7/c1-7-18-37-34(47)31(25(6)43)40-33(46)28-17-13-20-41(28)35(48)24(5)38-32(45)27-16-11-12-19-42(27)36(49)30(22(2)3)39-29(44)21-23(4)26-14-9-8-10-15-26/h22-28,30-31,43H,7-21H2,1-6H3,(H,37,47)(H,38,45)(H,39,44)(H,40,46)/t23-,24-,25+,27-,28-,30-,31-/m0/s1. The van der Waals surface area contributed by atoms with Gasteiger partial charge in [0, 0.05) is 26.1 Å². The van der Waals surface area contributed by atoms with Gasteiger partial charge in [0.1, 0.15) is 30.2 Å². The SMILES string of the molecule is CCCNC(=O)[C@@H](NC(=O)[C@@H]1CCCN1C(=O)[C@H](C)NC(=O)[C@@H]1CCCCN1C(=O)[C@@H](NC(=O)C[C@H](C)C1CCCCC1)C(C)C)[C@@H](C)O. The van der Waals surface area contributed by atoms with Crippen molar-refractivity contribution >= 4 is 35.4 Å². The molecule has 13 nitrogen and oxygen atoms in total. The first-order valence-corrected chi connectivity index (χ1v) is 18.7. The number of piperidine rings is 1. The maximum Gasteiger partial charge on any atom is 0.246 e.